The average Bonchev–Trinajstić information content (AvgIpc) is 4.12. The summed E-state index contributed by atoms with van der Waals surface area (Å²) >= 11 is 0. The molecule has 6 aromatic rings. The first-order valence-electron chi connectivity index (χ1n) is 19.7. The fourth-order valence-corrected chi connectivity index (χ4v) is 6.78. The number of nitriles is 1. The number of nitro groups is 1. The van der Waals surface area contributed by atoms with Gasteiger partial charge in [0.25, 0.3) is 5.69 Å². The van der Waals surface area contributed by atoms with E-state index in [1.165, 1.54) is 16.8 Å². The van der Waals surface area contributed by atoms with Crippen molar-refractivity contribution in [2.75, 3.05) is 31.7 Å². The van der Waals surface area contributed by atoms with Gasteiger partial charge < -0.3 is 33.7 Å². The van der Waals surface area contributed by atoms with Crippen LogP contribution in [0, 0.1) is 21.4 Å². The van der Waals surface area contributed by atoms with Gasteiger partial charge in [0.15, 0.2) is 12.2 Å². The van der Waals surface area contributed by atoms with Gasteiger partial charge in [0, 0.05) is 35.7 Å². The number of ether oxygens (including phenoxy) is 6. The van der Waals surface area contributed by atoms with Crippen LogP contribution >= 0.6 is 0 Å². The highest BCUT2D eigenvalue weighted by Crippen LogP contribution is 2.33. The lowest BCUT2D eigenvalue weighted by Gasteiger charge is -2.20. The van der Waals surface area contributed by atoms with Crippen LogP contribution in [0.25, 0.3) is 22.5 Å². The van der Waals surface area contributed by atoms with Gasteiger partial charge in [0.2, 0.25) is 5.91 Å². The molecule has 0 spiro atoms. The number of amides is 1. The highest BCUT2D eigenvalue weighted by atomic mass is 19.3. The number of hydrogen-bond donors (Lipinski definition) is 1. The number of para-hydroxylation sites is 3. The first-order valence-corrected chi connectivity index (χ1v) is 19.7. The summed E-state index contributed by atoms with van der Waals surface area (Å²) in [6, 6.07) is 32.7. The molecule has 0 bridgehead atoms. The zero-order valence-corrected chi connectivity index (χ0v) is 33.6. The molecular formula is C44H39F4N7O9. The van der Waals surface area contributed by atoms with Crippen LogP contribution in [0.3, 0.4) is 0 Å². The zero-order valence-electron chi connectivity index (χ0n) is 33.6. The molecule has 1 N–H and O–H groups in total. The minimum absolute atomic E-state index is 0.0237. The van der Waals surface area contributed by atoms with Crippen LogP contribution in [0.15, 0.2) is 122 Å². The molecule has 0 aliphatic carbocycles. The second-order valence-electron chi connectivity index (χ2n) is 14.2. The van der Waals surface area contributed by atoms with E-state index in [1.54, 1.807) is 95.9 Å². The van der Waals surface area contributed by atoms with E-state index in [0.717, 1.165) is 5.56 Å². The Morgan fingerprint density at radius 2 is 1.23 bits per heavy atom. The molecule has 1 amide bonds. The maximum absolute atomic E-state index is 12.6. The van der Waals surface area contributed by atoms with E-state index < -0.39 is 42.6 Å². The fraction of sp³-hybridized carbons (Fsp3) is 0.273. The third-order valence-corrected chi connectivity index (χ3v) is 9.80. The molecule has 0 saturated carbocycles. The Labute approximate surface area is 362 Å². The van der Waals surface area contributed by atoms with Crippen molar-refractivity contribution in [2.24, 2.45) is 0 Å². The van der Waals surface area contributed by atoms with Crippen molar-refractivity contribution >= 4 is 17.3 Å². The van der Waals surface area contributed by atoms with Gasteiger partial charge >= 0.3 is 13.2 Å². The molecule has 2 saturated heterocycles. The van der Waals surface area contributed by atoms with E-state index >= 15 is 0 Å². The van der Waals surface area contributed by atoms with Gasteiger partial charge in [0.05, 0.1) is 60.5 Å². The number of halogens is 4. The Morgan fingerprint density at radius 3 is 1.78 bits per heavy atom. The molecule has 2 aromatic heterocycles. The number of anilines is 1. The highest BCUT2D eigenvalue weighted by molar-refractivity contribution is 5.92. The molecular weight excluding hydrogens is 847 g/mol. The summed E-state index contributed by atoms with van der Waals surface area (Å²) < 4.78 is 85.2. The van der Waals surface area contributed by atoms with Crippen LogP contribution in [-0.2, 0) is 36.8 Å². The number of carbonyl (C=O) groups excluding carboxylic acids is 1. The molecule has 4 heterocycles. The van der Waals surface area contributed by atoms with E-state index in [1.807, 2.05) is 24.3 Å². The summed E-state index contributed by atoms with van der Waals surface area (Å²) in [6.45, 7) is -5.10. The van der Waals surface area contributed by atoms with Crippen molar-refractivity contribution in [1.82, 2.24) is 19.6 Å². The molecule has 16 nitrogen and oxygen atoms in total. The molecule has 4 atom stereocenters. The van der Waals surface area contributed by atoms with Crippen molar-refractivity contribution < 1.29 is 55.7 Å². The minimum Gasteiger partial charge on any atom is -0.484 e. The van der Waals surface area contributed by atoms with Gasteiger partial charge in [-0.25, -0.2) is 0 Å². The topological polar surface area (TPSA) is 187 Å². The largest absolute Gasteiger partial charge is 0.484 e. The quantitative estimate of drug-likeness (QED) is 0.0580. The first-order chi connectivity index (χ1) is 31.0. The van der Waals surface area contributed by atoms with Gasteiger partial charge in [-0.2, -0.15) is 33.0 Å². The number of carbonyl (C=O) groups is 1. The number of hydrogen-bond acceptors (Lipinski definition) is 12. The normalized spacial score (nSPS) is 18.0. The SMILES string of the molecule is N#Cc1ccccc1NC(=O)Cn1ccc(-c2ccccc2O[C@@H]2COCC2OC(F)F)n1.O=[N+]([O-])c1ccc(Cn2ccc(-c3ccccc3O[C@@H]3COCC3OC(F)F)n2)cc1. The van der Waals surface area contributed by atoms with Crippen LogP contribution in [0.1, 0.15) is 11.1 Å². The van der Waals surface area contributed by atoms with Crippen molar-refractivity contribution in [3.05, 3.63) is 143 Å². The van der Waals surface area contributed by atoms with Gasteiger partial charge in [-0.1, -0.05) is 48.5 Å². The molecule has 8 rings (SSSR count). The molecule has 64 heavy (non-hydrogen) atoms. The smallest absolute Gasteiger partial charge is 0.345 e. The molecule has 4 aromatic carbocycles. The maximum atomic E-state index is 12.6. The second kappa shape index (κ2) is 21.3. The van der Waals surface area contributed by atoms with Crippen LogP contribution in [0.5, 0.6) is 11.5 Å². The summed E-state index contributed by atoms with van der Waals surface area (Å²) in [5.41, 5.74) is 4.20. The summed E-state index contributed by atoms with van der Waals surface area (Å²) in [4.78, 5) is 22.8. The van der Waals surface area contributed by atoms with Crippen molar-refractivity contribution in [2.45, 2.75) is 50.7 Å². The van der Waals surface area contributed by atoms with Crippen molar-refractivity contribution in [3.8, 4) is 40.1 Å². The molecule has 2 fully saturated rings. The second-order valence-corrected chi connectivity index (χ2v) is 14.2. The van der Waals surface area contributed by atoms with E-state index in [2.05, 4.69) is 25.0 Å². The summed E-state index contributed by atoms with van der Waals surface area (Å²) in [5.74, 6) is 0.585. The number of rotatable bonds is 16. The molecule has 332 valence electrons. The minimum atomic E-state index is -2.92. The zero-order chi connectivity index (χ0) is 45.0. The Balaban J connectivity index is 0.000000192. The Kier molecular flexibility index (Phi) is 14.9. The van der Waals surface area contributed by atoms with E-state index in [9.17, 15) is 32.5 Å². The van der Waals surface area contributed by atoms with Crippen molar-refractivity contribution in [3.63, 3.8) is 0 Å². The molecule has 2 aliphatic heterocycles. The van der Waals surface area contributed by atoms with Crippen LogP contribution in [-0.4, -0.2) is 94.5 Å². The number of nitro benzene ring substituents is 1. The lowest BCUT2D eigenvalue weighted by atomic mass is 10.1. The molecule has 2 aliphatic rings. The summed E-state index contributed by atoms with van der Waals surface area (Å²) in [7, 11) is 0. The predicted molar refractivity (Wildman–Crippen MR) is 220 cm³/mol. The number of aromatic nitrogens is 4. The lowest BCUT2D eigenvalue weighted by molar-refractivity contribution is -0.384. The van der Waals surface area contributed by atoms with Crippen LogP contribution < -0.4 is 14.8 Å². The number of non-ortho nitro benzene ring substituents is 1. The molecule has 0 radical (unpaired) electrons. The standard InChI is InChI=1S/C23H20F2N4O4.C21H19F2N3O5/c24-23(25)33-21-14-31-13-20(21)32-19-8-4-2-6-16(19)18-9-10-29(28-18)12-22(30)27-17-7-3-1-5-15(17)11-26;22-21(23)31-20-13-29-12-19(20)30-18-4-2-1-3-16(18)17-9-10-25(24-17)11-14-5-7-15(8-6-14)26(27)28/h1-10,20-21,23H,12-14H2,(H,27,30);1-10,19-21H,11-13H2/t20-,21?;19-,20?/m11/s1. The predicted octanol–water partition coefficient (Wildman–Crippen LogP) is 7.34. The monoisotopic (exact) mass is 885 g/mol. The Bertz CT molecular complexity index is 2550. The summed E-state index contributed by atoms with van der Waals surface area (Å²) in [6.07, 6.45) is 0.354. The maximum Gasteiger partial charge on any atom is 0.345 e. The lowest BCUT2D eigenvalue weighted by Crippen LogP contribution is -2.34. The third-order valence-electron chi connectivity index (χ3n) is 9.80. The van der Waals surface area contributed by atoms with Gasteiger partial charge in [0.1, 0.15) is 36.3 Å². The van der Waals surface area contributed by atoms with Crippen LogP contribution in [0.2, 0.25) is 0 Å². The number of alkyl halides is 4. The molecule has 20 heteroatoms. The van der Waals surface area contributed by atoms with Gasteiger partial charge in [-0.15, -0.1) is 0 Å². The Morgan fingerprint density at radius 1 is 0.734 bits per heavy atom. The van der Waals surface area contributed by atoms with Crippen LogP contribution in [0.4, 0.5) is 28.9 Å². The van der Waals surface area contributed by atoms with Crippen molar-refractivity contribution in [1.29, 1.82) is 5.26 Å². The fourth-order valence-electron chi connectivity index (χ4n) is 6.78. The van der Waals surface area contributed by atoms with Gasteiger partial charge in [-0.05, 0) is 54.1 Å². The van der Waals surface area contributed by atoms with E-state index in [4.69, 9.17) is 24.2 Å². The Hall–Kier alpha value is -7.18. The molecule has 2 unspecified atom stereocenters. The highest BCUT2D eigenvalue weighted by Gasteiger charge is 2.35. The van der Waals surface area contributed by atoms with E-state index in [0.29, 0.717) is 51.8 Å². The average molecular weight is 886 g/mol. The third kappa shape index (κ3) is 11.8. The number of nitrogens with zero attached hydrogens (tertiary/aromatic N) is 6. The summed E-state index contributed by atoms with van der Waals surface area (Å²) in [5, 5.41) is 31.6. The van der Waals surface area contributed by atoms with E-state index in [-0.39, 0.29) is 44.6 Å². The first kappa shape index (κ1) is 44.9. The van der Waals surface area contributed by atoms with Gasteiger partial charge in [-0.3, -0.25) is 24.3 Å². The number of nitrogens with one attached hydrogen (secondary N) is 1. The number of benzene rings is 4.